The monoisotopic (exact) mass is 199 g/mol. The molecule has 1 nitrogen and oxygen atoms in total. The molecule has 0 saturated heterocycles. The number of hydrogen-bond donors (Lipinski definition) is 0. The molecular formula is C14H17N. The number of nitrogens with zero attached hydrogens (tertiary/aromatic N) is 1. The lowest BCUT2D eigenvalue weighted by Crippen LogP contribution is -2.26. The van der Waals surface area contributed by atoms with E-state index in [1.165, 1.54) is 18.4 Å². The summed E-state index contributed by atoms with van der Waals surface area (Å²) in [4.78, 5) is 0. The second kappa shape index (κ2) is 4.06. The second-order valence-electron chi connectivity index (χ2n) is 4.91. The fourth-order valence-corrected chi connectivity index (χ4v) is 2.34. The summed E-state index contributed by atoms with van der Waals surface area (Å²) in [6, 6.07) is 10.3. The van der Waals surface area contributed by atoms with E-state index in [4.69, 9.17) is 5.26 Å². The summed E-state index contributed by atoms with van der Waals surface area (Å²) >= 11 is 0. The third-order valence-corrected chi connectivity index (χ3v) is 3.60. The maximum atomic E-state index is 8.82. The van der Waals surface area contributed by atoms with Gasteiger partial charge in [0, 0.05) is 0 Å². The molecule has 0 unspecified atom stereocenters. The molecular weight excluding hydrogens is 182 g/mol. The highest BCUT2D eigenvalue weighted by atomic mass is 14.4. The number of hydrogen-bond acceptors (Lipinski definition) is 1. The van der Waals surface area contributed by atoms with Crippen molar-refractivity contribution in [3.05, 3.63) is 35.4 Å². The molecule has 1 saturated carbocycles. The second-order valence-corrected chi connectivity index (χ2v) is 4.91. The molecule has 0 heterocycles. The first kappa shape index (κ1) is 10.2. The van der Waals surface area contributed by atoms with Crippen LogP contribution in [-0.2, 0) is 0 Å². The van der Waals surface area contributed by atoms with Gasteiger partial charge in [-0.2, -0.15) is 5.26 Å². The fourth-order valence-electron chi connectivity index (χ4n) is 2.34. The normalized spacial score (nSPS) is 24.7. The summed E-state index contributed by atoms with van der Waals surface area (Å²) in [7, 11) is 0. The molecule has 2 rings (SSSR count). The van der Waals surface area contributed by atoms with E-state index >= 15 is 0 Å². The molecule has 0 atom stereocenters. The lowest BCUT2D eigenvalue weighted by Gasteiger charge is -2.38. The van der Waals surface area contributed by atoms with Gasteiger partial charge in [-0.1, -0.05) is 26.0 Å². The van der Waals surface area contributed by atoms with Gasteiger partial charge < -0.3 is 0 Å². The molecule has 0 amide bonds. The predicted octanol–water partition coefficient (Wildman–Crippen LogP) is 3.71. The van der Waals surface area contributed by atoms with E-state index < -0.39 is 0 Å². The molecule has 0 spiro atoms. The Labute approximate surface area is 91.7 Å². The number of rotatable bonds is 2. The largest absolute Gasteiger partial charge is 0.192 e. The van der Waals surface area contributed by atoms with Crippen LogP contribution in [0.3, 0.4) is 0 Å². The van der Waals surface area contributed by atoms with Gasteiger partial charge in [-0.3, -0.25) is 0 Å². The van der Waals surface area contributed by atoms with Gasteiger partial charge in [0.1, 0.15) is 0 Å². The first-order valence-electron chi connectivity index (χ1n) is 5.70. The third kappa shape index (κ3) is 2.04. The van der Waals surface area contributed by atoms with Crippen LogP contribution in [0.4, 0.5) is 0 Å². The van der Waals surface area contributed by atoms with E-state index in [0.717, 1.165) is 17.4 Å². The summed E-state index contributed by atoms with van der Waals surface area (Å²) < 4.78 is 0. The van der Waals surface area contributed by atoms with Gasteiger partial charge in [-0.15, -0.1) is 0 Å². The van der Waals surface area contributed by atoms with Gasteiger partial charge in [0.05, 0.1) is 11.6 Å². The van der Waals surface area contributed by atoms with E-state index in [1.54, 1.807) is 0 Å². The van der Waals surface area contributed by atoms with Crippen molar-refractivity contribution in [3.63, 3.8) is 0 Å². The molecule has 78 valence electrons. The molecule has 15 heavy (non-hydrogen) atoms. The first-order chi connectivity index (χ1) is 7.20. The molecule has 1 aromatic rings. The van der Waals surface area contributed by atoms with E-state index in [1.807, 2.05) is 18.2 Å². The summed E-state index contributed by atoms with van der Waals surface area (Å²) in [5, 5.41) is 8.82. The van der Waals surface area contributed by atoms with Crippen molar-refractivity contribution in [2.24, 2.45) is 11.8 Å². The lowest BCUT2D eigenvalue weighted by atomic mass is 9.67. The van der Waals surface area contributed by atoms with Gasteiger partial charge in [0.15, 0.2) is 0 Å². The summed E-state index contributed by atoms with van der Waals surface area (Å²) in [6.07, 6.45) is 2.60. The molecule has 1 heteroatoms. The van der Waals surface area contributed by atoms with Gasteiger partial charge in [0.25, 0.3) is 0 Å². The van der Waals surface area contributed by atoms with Gasteiger partial charge in [-0.05, 0) is 48.3 Å². The Kier molecular flexibility index (Phi) is 2.77. The third-order valence-electron chi connectivity index (χ3n) is 3.60. The molecule has 0 bridgehead atoms. The Bertz CT molecular complexity index is 381. The van der Waals surface area contributed by atoms with E-state index in [-0.39, 0.29) is 0 Å². The molecule has 0 aromatic heterocycles. The van der Waals surface area contributed by atoms with Gasteiger partial charge in [-0.25, -0.2) is 0 Å². The average Bonchev–Trinajstić information content (AvgIpc) is 2.15. The van der Waals surface area contributed by atoms with Crippen molar-refractivity contribution in [3.8, 4) is 6.07 Å². The van der Waals surface area contributed by atoms with Gasteiger partial charge >= 0.3 is 0 Å². The van der Waals surface area contributed by atoms with Crippen LogP contribution in [0, 0.1) is 23.2 Å². The summed E-state index contributed by atoms with van der Waals surface area (Å²) in [6.45, 7) is 4.60. The highest BCUT2D eigenvalue weighted by molar-refractivity contribution is 5.35. The van der Waals surface area contributed by atoms with Crippen molar-refractivity contribution < 1.29 is 0 Å². The summed E-state index contributed by atoms with van der Waals surface area (Å²) in [5.41, 5.74) is 2.14. The molecule has 1 aliphatic rings. The van der Waals surface area contributed by atoms with Crippen molar-refractivity contribution in [2.75, 3.05) is 0 Å². The van der Waals surface area contributed by atoms with Crippen LogP contribution in [-0.4, -0.2) is 0 Å². The van der Waals surface area contributed by atoms with Crippen LogP contribution in [0.25, 0.3) is 0 Å². The van der Waals surface area contributed by atoms with Crippen molar-refractivity contribution in [1.29, 1.82) is 5.26 Å². The zero-order chi connectivity index (χ0) is 10.8. The number of nitriles is 1. The van der Waals surface area contributed by atoms with Crippen molar-refractivity contribution in [1.82, 2.24) is 0 Å². The Balaban J connectivity index is 2.04. The Hall–Kier alpha value is -1.29. The predicted molar refractivity (Wildman–Crippen MR) is 61.5 cm³/mol. The SMILES string of the molecule is CC(C)C1CC(c2cccc(C#N)c2)C1. The van der Waals surface area contributed by atoms with E-state index in [2.05, 4.69) is 26.0 Å². The minimum atomic E-state index is 0.700. The smallest absolute Gasteiger partial charge is 0.0991 e. The Morgan fingerprint density at radius 1 is 1.33 bits per heavy atom. The zero-order valence-corrected chi connectivity index (χ0v) is 9.40. The van der Waals surface area contributed by atoms with Crippen molar-refractivity contribution in [2.45, 2.75) is 32.6 Å². The molecule has 0 N–H and O–H groups in total. The highest BCUT2D eigenvalue weighted by Gasteiger charge is 2.31. The Morgan fingerprint density at radius 3 is 2.67 bits per heavy atom. The first-order valence-corrected chi connectivity index (χ1v) is 5.70. The minimum Gasteiger partial charge on any atom is -0.192 e. The average molecular weight is 199 g/mol. The van der Waals surface area contributed by atoms with Gasteiger partial charge in [0.2, 0.25) is 0 Å². The van der Waals surface area contributed by atoms with Crippen LogP contribution in [0.2, 0.25) is 0 Å². The van der Waals surface area contributed by atoms with Crippen LogP contribution >= 0.6 is 0 Å². The molecule has 0 aliphatic heterocycles. The van der Waals surface area contributed by atoms with E-state index in [0.29, 0.717) is 5.92 Å². The Morgan fingerprint density at radius 2 is 2.07 bits per heavy atom. The maximum absolute atomic E-state index is 8.82. The molecule has 1 fully saturated rings. The van der Waals surface area contributed by atoms with Crippen LogP contribution in [0.1, 0.15) is 43.7 Å². The fraction of sp³-hybridized carbons (Fsp3) is 0.500. The maximum Gasteiger partial charge on any atom is 0.0991 e. The molecule has 1 aliphatic carbocycles. The minimum absolute atomic E-state index is 0.700. The topological polar surface area (TPSA) is 23.8 Å². The zero-order valence-electron chi connectivity index (χ0n) is 9.40. The molecule has 1 aromatic carbocycles. The highest BCUT2D eigenvalue weighted by Crippen LogP contribution is 2.45. The standard InChI is InChI=1S/C14H17N/c1-10(2)13-7-14(8-13)12-5-3-4-11(6-12)9-15/h3-6,10,13-14H,7-8H2,1-2H3. The lowest BCUT2D eigenvalue weighted by molar-refractivity contribution is 0.196. The number of benzene rings is 1. The van der Waals surface area contributed by atoms with Crippen LogP contribution in [0.15, 0.2) is 24.3 Å². The van der Waals surface area contributed by atoms with Crippen molar-refractivity contribution >= 4 is 0 Å². The van der Waals surface area contributed by atoms with Crippen LogP contribution < -0.4 is 0 Å². The van der Waals surface area contributed by atoms with E-state index in [9.17, 15) is 0 Å². The van der Waals surface area contributed by atoms with Crippen LogP contribution in [0.5, 0.6) is 0 Å². The quantitative estimate of drug-likeness (QED) is 0.712. The molecule has 0 radical (unpaired) electrons. The summed E-state index contributed by atoms with van der Waals surface area (Å²) in [5.74, 6) is 2.40.